The van der Waals surface area contributed by atoms with Gasteiger partial charge in [-0.15, -0.1) is 0 Å². The van der Waals surface area contributed by atoms with Gasteiger partial charge in [-0.25, -0.2) is 4.79 Å². The number of hydrogen-bond acceptors (Lipinski definition) is 4. The Balaban J connectivity index is 1.51. The third-order valence-corrected chi connectivity index (χ3v) is 11.0. The van der Waals surface area contributed by atoms with Crippen molar-refractivity contribution in [3.63, 3.8) is 0 Å². The second-order valence-electron chi connectivity index (χ2n) is 12.3. The quantitative estimate of drug-likeness (QED) is 0.452. The van der Waals surface area contributed by atoms with Gasteiger partial charge in [-0.1, -0.05) is 33.8 Å². The summed E-state index contributed by atoms with van der Waals surface area (Å²) < 4.78 is 0. The standard InChI is InChI=1S/C27H44O5/c1-15(6-5-7-16(2)25(31)32)19-8-9-20-24-21(14-23(30)27(19,20)4)26(3)11-10-18(28)12-17(26)13-22(24)29/h15,17-24,28-30H,2,5-14H2,1,3-4H3,(H,31,32)/t15-,17?,18+,19-,20+,21+,22-,23+,24+,26+,27-/m1/s1. The summed E-state index contributed by atoms with van der Waals surface area (Å²) in [5, 5.41) is 42.3. The molecule has 0 heterocycles. The van der Waals surface area contributed by atoms with Crippen LogP contribution in [0, 0.1) is 46.3 Å². The number of hydrogen-bond donors (Lipinski definition) is 4. The number of carboxylic acids is 1. The van der Waals surface area contributed by atoms with Gasteiger partial charge in [0.05, 0.1) is 18.3 Å². The molecule has 5 nitrogen and oxygen atoms in total. The van der Waals surface area contributed by atoms with Crippen LogP contribution in [0.2, 0.25) is 0 Å². The van der Waals surface area contributed by atoms with Crippen molar-refractivity contribution in [3.05, 3.63) is 12.2 Å². The Morgan fingerprint density at radius 3 is 2.47 bits per heavy atom. The summed E-state index contributed by atoms with van der Waals surface area (Å²) in [6.45, 7) is 10.6. The molecular weight excluding hydrogens is 404 g/mol. The van der Waals surface area contributed by atoms with Crippen LogP contribution in [0.25, 0.3) is 0 Å². The minimum absolute atomic E-state index is 0.104. The zero-order chi connectivity index (χ0) is 23.4. The molecule has 4 N–H and O–H groups in total. The minimum Gasteiger partial charge on any atom is -0.478 e. The van der Waals surface area contributed by atoms with Gasteiger partial charge in [0.1, 0.15) is 0 Å². The first-order valence-electron chi connectivity index (χ1n) is 12.9. The molecule has 4 saturated carbocycles. The first-order valence-corrected chi connectivity index (χ1v) is 12.9. The average molecular weight is 449 g/mol. The predicted molar refractivity (Wildman–Crippen MR) is 124 cm³/mol. The number of fused-ring (bicyclic) bond motifs is 5. The first kappa shape index (κ1) is 24.2. The molecule has 0 aromatic rings. The van der Waals surface area contributed by atoms with Gasteiger partial charge in [0.25, 0.3) is 0 Å². The highest BCUT2D eigenvalue weighted by Gasteiger charge is 2.65. The van der Waals surface area contributed by atoms with Gasteiger partial charge < -0.3 is 20.4 Å². The maximum absolute atomic E-state index is 11.6. The van der Waals surface area contributed by atoms with Crippen molar-refractivity contribution in [2.45, 2.75) is 103 Å². The van der Waals surface area contributed by atoms with E-state index >= 15 is 0 Å². The van der Waals surface area contributed by atoms with Gasteiger partial charge in [-0.05, 0) is 104 Å². The smallest absolute Gasteiger partial charge is 0.330 e. The van der Waals surface area contributed by atoms with E-state index in [2.05, 4.69) is 27.4 Å². The highest BCUT2D eigenvalue weighted by Crippen LogP contribution is 2.68. The lowest BCUT2D eigenvalue weighted by molar-refractivity contribution is -0.207. The lowest BCUT2D eigenvalue weighted by Crippen LogP contribution is -2.62. The first-order chi connectivity index (χ1) is 15.0. The molecule has 0 bridgehead atoms. The number of carbonyl (C=O) groups is 1. The van der Waals surface area contributed by atoms with Crippen molar-refractivity contribution in [3.8, 4) is 0 Å². The van der Waals surface area contributed by atoms with Crippen LogP contribution in [0.5, 0.6) is 0 Å². The van der Waals surface area contributed by atoms with E-state index < -0.39 is 5.97 Å². The highest BCUT2D eigenvalue weighted by atomic mass is 16.4. The summed E-state index contributed by atoms with van der Waals surface area (Å²) in [6.07, 6.45) is 7.63. The third kappa shape index (κ3) is 3.76. The van der Waals surface area contributed by atoms with Crippen LogP contribution in [0.4, 0.5) is 0 Å². The highest BCUT2D eigenvalue weighted by molar-refractivity contribution is 5.85. The Morgan fingerprint density at radius 2 is 1.78 bits per heavy atom. The minimum atomic E-state index is -0.910. The third-order valence-electron chi connectivity index (χ3n) is 11.0. The Labute approximate surface area is 193 Å². The van der Waals surface area contributed by atoms with Crippen LogP contribution in [0.15, 0.2) is 12.2 Å². The lowest BCUT2D eigenvalue weighted by atomic mass is 9.43. The molecular formula is C27H44O5. The molecule has 4 rings (SSSR count). The van der Waals surface area contributed by atoms with E-state index in [-0.39, 0.29) is 40.6 Å². The summed E-state index contributed by atoms with van der Waals surface area (Å²) in [4.78, 5) is 11.1. The van der Waals surface area contributed by atoms with Crippen LogP contribution in [-0.2, 0) is 4.79 Å². The Hall–Kier alpha value is -0.910. The van der Waals surface area contributed by atoms with Crippen LogP contribution >= 0.6 is 0 Å². The number of rotatable bonds is 6. The van der Waals surface area contributed by atoms with Crippen LogP contribution in [-0.4, -0.2) is 44.7 Å². The van der Waals surface area contributed by atoms with Gasteiger partial charge in [0.2, 0.25) is 0 Å². The monoisotopic (exact) mass is 448 g/mol. The lowest BCUT2D eigenvalue weighted by Gasteiger charge is -2.63. The van der Waals surface area contributed by atoms with E-state index in [1.807, 2.05) is 0 Å². The maximum Gasteiger partial charge on any atom is 0.330 e. The molecule has 4 aliphatic rings. The molecule has 4 aliphatic carbocycles. The molecule has 5 heteroatoms. The van der Waals surface area contributed by atoms with E-state index in [4.69, 9.17) is 5.11 Å². The molecule has 0 spiro atoms. The zero-order valence-electron chi connectivity index (χ0n) is 20.2. The summed E-state index contributed by atoms with van der Waals surface area (Å²) in [5.74, 6) is 1.13. The molecule has 0 aromatic heterocycles. The normalized spacial score (nSPS) is 48.9. The van der Waals surface area contributed by atoms with Gasteiger partial charge in [0.15, 0.2) is 0 Å². The van der Waals surface area contributed by atoms with Crippen molar-refractivity contribution < 1.29 is 25.2 Å². The summed E-state index contributed by atoms with van der Waals surface area (Å²) >= 11 is 0. The predicted octanol–water partition coefficient (Wildman–Crippen LogP) is 4.40. The second kappa shape index (κ2) is 8.70. The molecule has 4 fully saturated rings. The fourth-order valence-corrected chi connectivity index (χ4v) is 9.08. The van der Waals surface area contributed by atoms with Crippen molar-refractivity contribution in [2.24, 2.45) is 46.3 Å². The van der Waals surface area contributed by atoms with E-state index in [0.717, 1.165) is 57.8 Å². The molecule has 0 aromatic carbocycles. The fraction of sp³-hybridized carbons (Fsp3) is 0.889. The second-order valence-corrected chi connectivity index (χ2v) is 12.3. The van der Waals surface area contributed by atoms with Crippen molar-refractivity contribution in [1.82, 2.24) is 0 Å². The zero-order valence-corrected chi connectivity index (χ0v) is 20.2. The van der Waals surface area contributed by atoms with Gasteiger partial charge >= 0.3 is 5.97 Å². The van der Waals surface area contributed by atoms with Gasteiger partial charge in [-0.3, -0.25) is 0 Å². The SMILES string of the molecule is C=C(CCC[C@@H](C)[C@H]1CC[C@H]2[C@@H]3[C@H](O)CC4C[C@@H](O)CC[C@]4(C)[C@H]3C[C@H](O)[C@]12C)C(=O)O. The Bertz CT molecular complexity index is 736. The topological polar surface area (TPSA) is 98.0 Å². The van der Waals surface area contributed by atoms with Gasteiger partial charge in [-0.2, -0.15) is 0 Å². The largest absolute Gasteiger partial charge is 0.478 e. The van der Waals surface area contributed by atoms with E-state index in [9.17, 15) is 20.1 Å². The van der Waals surface area contributed by atoms with Crippen LogP contribution in [0.3, 0.4) is 0 Å². The number of carboxylic acid groups (broad SMARTS) is 1. The molecule has 0 aliphatic heterocycles. The summed E-state index contributed by atoms with van der Waals surface area (Å²) in [6, 6.07) is 0. The maximum atomic E-state index is 11.6. The molecule has 182 valence electrons. The summed E-state index contributed by atoms with van der Waals surface area (Å²) in [7, 11) is 0. The number of aliphatic hydroxyl groups is 3. The molecule has 0 radical (unpaired) electrons. The van der Waals surface area contributed by atoms with Crippen molar-refractivity contribution in [2.75, 3.05) is 0 Å². The average Bonchev–Trinajstić information content (AvgIpc) is 3.08. The van der Waals surface area contributed by atoms with Crippen molar-refractivity contribution >= 4 is 5.97 Å². The Morgan fingerprint density at radius 1 is 1.06 bits per heavy atom. The number of aliphatic hydroxyl groups excluding tert-OH is 3. The molecule has 11 atom stereocenters. The van der Waals surface area contributed by atoms with Gasteiger partial charge in [0, 0.05) is 5.57 Å². The fourth-order valence-electron chi connectivity index (χ4n) is 9.08. The van der Waals surface area contributed by atoms with Crippen LogP contribution in [0.1, 0.15) is 85.0 Å². The Kier molecular flexibility index (Phi) is 6.59. The van der Waals surface area contributed by atoms with Crippen molar-refractivity contribution in [1.29, 1.82) is 0 Å². The molecule has 1 unspecified atom stereocenters. The molecule has 32 heavy (non-hydrogen) atoms. The van der Waals surface area contributed by atoms with Crippen LogP contribution < -0.4 is 0 Å². The molecule has 0 amide bonds. The van der Waals surface area contributed by atoms with E-state index in [0.29, 0.717) is 36.0 Å². The van der Waals surface area contributed by atoms with E-state index in [1.54, 1.807) is 0 Å². The number of aliphatic carboxylic acids is 1. The summed E-state index contributed by atoms with van der Waals surface area (Å²) in [5.41, 5.74) is 0.189. The van der Waals surface area contributed by atoms with E-state index in [1.165, 1.54) is 0 Å². The molecule has 0 saturated heterocycles.